The molecule has 26 heavy (non-hydrogen) atoms. The highest BCUT2D eigenvalue weighted by molar-refractivity contribution is 5.93. The zero-order chi connectivity index (χ0) is 17.2. The van der Waals surface area contributed by atoms with Gasteiger partial charge >= 0.3 is 0 Å². The molecule has 0 radical (unpaired) electrons. The first kappa shape index (κ1) is 18.9. The van der Waals surface area contributed by atoms with Crippen LogP contribution in [0.3, 0.4) is 0 Å². The number of piperidine rings is 3. The van der Waals surface area contributed by atoms with Crippen LogP contribution in [0.1, 0.15) is 18.4 Å². The van der Waals surface area contributed by atoms with E-state index >= 15 is 0 Å². The molecule has 0 aliphatic carbocycles. The van der Waals surface area contributed by atoms with Crippen LogP contribution in [-0.2, 0) is 11.4 Å². The number of hydrogen-bond donors (Lipinski definition) is 2. The van der Waals surface area contributed by atoms with Crippen LogP contribution in [0.5, 0.6) is 0 Å². The highest BCUT2D eigenvalue weighted by atomic mass is 35.5. The van der Waals surface area contributed by atoms with Gasteiger partial charge in [-0.2, -0.15) is 0 Å². The van der Waals surface area contributed by atoms with Crippen molar-refractivity contribution < 1.29 is 9.90 Å². The van der Waals surface area contributed by atoms with E-state index in [2.05, 4.69) is 10.2 Å². The van der Waals surface area contributed by atoms with Crippen molar-refractivity contribution in [3.63, 3.8) is 0 Å². The van der Waals surface area contributed by atoms with Crippen molar-refractivity contribution in [2.24, 2.45) is 11.8 Å². The standard InChI is InChI=1S/C21H24N2O2.ClH/c24-14-15-1-3-16(4-2-15)17-5-7-19(8-6-17)22-21(25)20-13-23-11-9-18(20)10-12-23;/h1-8,18,20,24H,9-14H2,(H,22,25);1H/t20-;/m0./s1. The Morgan fingerprint density at radius 1 is 1.00 bits per heavy atom. The lowest BCUT2D eigenvalue weighted by Crippen LogP contribution is -2.51. The van der Waals surface area contributed by atoms with Gasteiger partial charge in [0.05, 0.1) is 12.5 Å². The number of benzene rings is 2. The number of nitrogens with one attached hydrogen (secondary N) is 1. The van der Waals surface area contributed by atoms with Crippen LogP contribution in [0, 0.1) is 11.8 Å². The van der Waals surface area contributed by atoms with Gasteiger partial charge in [0.25, 0.3) is 0 Å². The van der Waals surface area contributed by atoms with Gasteiger partial charge < -0.3 is 15.3 Å². The van der Waals surface area contributed by atoms with Crippen LogP contribution in [0.4, 0.5) is 5.69 Å². The fourth-order valence-electron chi connectivity index (χ4n) is 4.05. The first-order chi connectivity index (χ1) is 12.2. The van der Waals surface area contributed by atoms with Gasteiger partial charge in [0.1, 0.15) is 0 Å². The molecule has 5 heteroatoms. The van der Waals surface area contributed by atoms with Crippen LogP contribution < -0.4 is 5.32 Å². The fraction of sp³-hybridized carbons (Fsp3) is 0.381. The van der Waals surface area contributed by atoms with E-state index in [0.29, 0.717) is 5.92 Å². The zero-order valence-electron chi connectivity index (χ0n) is 14.7. The van der Waals surface area contributed by atoms with Gasteiger partial charge in [-0.3, -0.25) is 4.79 Å². The summed E-state index contributed by atoms with van der Waals surface area (Å²) in [5, 5.41) is 12.2. The summed E-state index contributed by atoms with van der Waals surface area (Å²) < 4.78 is 0. The molecule has 3 aliphatic heterocycles. The maximum Gasteiger partial charge on any atom is 0.229 e. The van der Waals surface area contributed by atoms with E-state index in [-0.39, 0.29) is 30.8 Å². The van der Waals surface area contributed by atoms with E-state index in [1.54, 1.807) is 0 Å². The van der Waals surface area contributed by atoms with Crippen LogP contribution in [0.25, 0.3) is 11.1 Å². The summed E-state index contributed by atoms with van der Waals surface area (Å²) in [5.74, 6) is 0.844. The van der Waals surface area contributed by atoms with Gasteiger partial charge in [-0.1, -0.05) is 36.4 Å². The maximum atomic E-state index is 12.6. The quantitative estimate of drug-likeness (QED) is 0.863. The van der Waals surface area contributed by atoms with E-state index in [1.165, 1.54) is 0 Å². The van der Waals surface area contributed by atoms with E-state index < -0.39 is 0 Å². The predicted molar refractivity (Wildman–Crippen MR) is 106 cm³/mol. The van der Waals surface area contributed by atoms with Gasteiger partial charge in [-0.15, -0.1) is 12.4 Å². The second kappa shape index (κ2) is 8.21. The number of carbonyl (C=O) groups excluding carboxylic acids is 1. The van der Waals surface area contributed by atoms with Crippen LogP contribution in [0.2, 0.25) is 0 Å². The molecule has 3 saturated heterocycles. The molecular formula is C21H25ClN2O2. The lowest BCUT2D eigenvalue weighted by Gasteiger charge is -2.43. The molecule has 1 amide bonds. The second-order valence-electron chi connectivity index (χ2n) is 7.17. The number of anilines is 1. The Hall–Kier alpha value is -1.88. The third kappa shape index (κ3) is 3.93. The van der Waals surface area contributed by atoms with E-state index in [1.807, 2.05) is 48.5 Å². The molecule has 0 saturated carbocycles. The summed E-state index contributed by atoms with van der Waals surface area (Å²) >= 11 is 0. The molecule has 3 fully saturated rings. The normalized spacial score (nSPS) is 24.0. The Morgan fingerprint density at radius 3 is 2.08 bits per heavy atom. The highest BCUT2D eigenvalue weighted by Gasteiger charge is 2.38. The molecule has 0 aromatic heterocycles. The average Bonchev–Trinajstić information content (AvgIpc) is 2.69. The lowest BCUT2D eigenvalue weighted by atomic mass is 9.78. The summed E-state index contributed by atoms with van der Waals surface area (Å²) in [6, 6.07) is 15.9. The third-order valence-corrected chi connectivity index (χ3v) is 5.62. The molecule has 2 bridgehead atoms. The second-order valence-corrected chi connectivity index (χ2v) is 7.17. The number of aliphatic hydroxyl groups excluding tert-OH is 1. The third-order valence-electron chi connectivity index (χ3n) is 5.62. The van der Waals surface area contributed by atoms with E-state index in [9.17, 15) is 4.79 Å². The van der Waals surface area contributed by atoms with Crippen LogP contribution >= 0.6 is 12.4 Å². The number of halogens is 1. The first-order valence-corrected chi connectivity index (χ1v) is 9.06. The minimum Gasteiger partial charge on any atom is -0.392 e. The Kier molecular flexibility index (Phi) is 5.97. The van der Waals surface area contributed by atoms with Gasteiger partial charge in [-0.05, 0) is 60.7 Å². The molecule has 5 rings (SSSR count). The molecule has 1 atom stereocenters. The van der Waals surface area contributed by atoms with Gasteiger partial charge in [0.15, 0.2) is 0 Å². The fourth-order valence-corrected chi connectivity index (χ4v) is 4.05. The number of carbonyl (C=O) groups is 1. The summed E-state index contributed by atoms with van der Waals surface area (Å²) in [4.78, 5) is 15.0. The van der Waals surface area contributed by atoms with Gasteiger partial charge in [-0.25, -0.2) is 0 Å². The molecular weight excluding hydrogens is 348 g/mol. The summed E-state index contributed by atoms with van der Waals surface area (Å²) in [6.45, 7) is 3.27. The molecule has 2 aromatic carbocycles. The number of rotatable bonds is 4. The first-order valence-electron chi connectivity index (χ1n) is 9.06. The van der Waals surface area contributed by atoms with Crippen LogP contribution in [0.15, 0.2) is 48.5 Å². The topological polar surface area (TPSA) is 52.6 Å². The number of nitrogens with zero attached hydrogens (tertiary/aromatic N) is 1. The van der Waals surface area contributed by atoms with Crippen molar-refractivity contribution in [2.45, 2.75) is 19.4 Å². The molecule has 138 valence electrons. The summed E-state index contributed by atoms with van der Waals surface area (Å²) in [5.41, 5.74) is 3.97. The van der Waals surface area contributed by atoms with Gasteiger partial charge in [0.2, 0.25) is 5.91 Å². The van der Waals surface area contributed by atoms with E-state index in [0.717, 1.165) is 54.9 Å². The summed E-state index contributed by atoms with van der Waals surface area (Å²) in [7, 11) is 0. The molecule has 2 N–H and O–H groups in total. The monoisotopic (exact) mass is 372 g/mol. The largest absolute Gasteiger partial charge is 0.392 e. The smallest absolute Gasteiger partial charge is 0.229 e. The van der Waals surface area contributed by atoms with Crippen LogP contribution in [-0.4, -0.2) is 35.5 Å². The number of hydrogen-bond acceptors (Lipinski definition) is 3. The molecule has 3 heterocycles. The maximum absolute atomic E-state index is 12.6. The molecule has 4 nitrogen and oxygen atoms in total. The predicted octanol–water partition coefficient (Wildman–Crippen LogP) is 3.55. The molecule has 0 unspecified atom stereocenters. The lowest BCUT2D eigenvalue weighted by molar-refractivity contribution is -0.125. The van der Waals surface area contributed by atoms with Gasteiger partial charge in [0, 0.05) is 12.2 Å². The number of amides is 1. The Balaban J connectivity index is 0.00000196. The highest BCUT2D eigenvalue weighted by Crippen LogP contribution is 2.33. The Bertz CT molecular complexity index is 738. The zero-order valence-corrected chi connectivity index (χ0v) is 15.5. The van der Waals surface area contributed by atoms with E-state index in [4.69, 9.17) is 5.11 Å². The van der Waals surface area contributed by atoms with Crippen molar-refractivity contribution in [1.29, 1.82) is 0 Å². The van der Waals surface area contributed by atoms with Crippen molar-refractivity contribution in [1.82, 2.24) is 4.90 Å². The van der Waals surface area contributed by atoms with Crippen molar-refractivity contribution >= 4 is 24.0 Å². The minimum absolute atomic E-state index is 0. The molecule has 2 aromatic rings. The Labute approximate surface area is 160 Å². The van der Waals surface area contributed by atoms with Crippen molar-refractivity contribution in [3.8, 4) is 11.1 Å². The summed E-state index contributed by atoms with van der Waals surface area (Å²) in [6.07, 6.45) is 2.31. The molecule has 3 aliphatic rings. The molecule has 0 spiro atoms. The number of fused-ring (bicyclic) bond motifs is 3. The number of aliphatic hydroxyl groups is 1. The average molecular weight is 373 g/mol. The Morgan fingerprint density at radius 2 is 1.58 bits per heavy atom. The van der Waals surface area contributed by atoms with Crippen molar-refractivity contribution in [3.05, 3.63) is 54.1 Å². The van der Waals surface area contributed by atoms with Crippen molar-refractivity contribution in [2.75, 3.05) is 25.0 Å². The SMILES string of the molecule is Cl.O=C(Nc1ccc(-c2ccc(CO)cc2)cc1)[C@H]1CN2CCC1CC2. The minimum atomic E-state index is 0.